The minimum atomic E-state index is -0.305. The van der Waals surface area contributed by atoms with E-state index < -0.39 is 0 Å². The Balaban J connectivity index is 1.96. The van der Waals surface area contributed by atoms with Gasteiger partial charge in [0.2, 0.25) is 11.8 Å². The Morgan fingerprint density at radius 3 is 2.45 bits per heavy atom. The highest BCUT2D eigenvalue weighted by molar-refractivity contribution is 5.95. The van der Waals surface area contributed by atoms with Crippen molar-refractivity contribution in [1.29, 1.82) is 5.26 Å². The van der Waals surface area contributed by atoms with Crippen molar-refractivity contribution in [2.45, 2.75) is 19.9 Å². The van der Waals surface area contributed by atoms with Crippen molar-refractivity contribution in [2.75, 3.05) is 31.5 Å². The summed E-state index contributed by atoms with van der Waals surface area (Å²) in [6.45, 7) is 6.03. The topological polar surface area (TPSA) is 76.4 Å². The van der Waals surface area contributed by atoms with Crippen molar-refractivity contribution in [1.82, 2.24) is 9.80 Å². The molecule has 1 aliphatic rings. The Kier molecular flexibility index (Phi) is 5.12. The fourth-order valence-electron chi connectivity index (χ4n) is 2.52. The SMILES string of the molecule is CC(=O)N1CCN([C@@H](C)C(=O)Nc2ccccc2C#N)CC1. The fourth-order valence-corrected chi connectivity index (χ4v) is 2.52. The first-order valence-electron chi connectivity index (χ1n) is 7.32. The minimum absolute atomic E-state index is 0.0692. The number of carbonyl (C=O) groups is 2. The third kappa shape index (κ3) is 3.62. The Morgan fingerprint density at radius 1 is 1.23 bits per heavy atom. The molecule has 0 unspecified atom stereocenters. The molecule has 0 spiro atoms. The van der Waals surface area contributed by atoms with Gasteiger partial charge in [0, 0.05) is 33.1 Å². The second kappa shape index (κ2) is 7.05. The van der Waals surface area contributed by atoms with Crippen LogP contribution in [0.4, 0.5) is 5.69 Å². The van der Waals surface area contributed by atoms with Crippen molar-refractivity contribution in [3.05, 3.63) is 29.8 Å². The van der Waals surface area contributed by atoms with E-state index in [1.807, 2.05) is 11.8 Å². The van der Waals surface area contributed by atoms with Crippen molar-refractivity contribution in [3.63, 3.8) is 0 Å². The van der Waals surface area contributed by atoms with Gasteiger partial charge in [-0.2, -0.15) is 5.26 Å². The molecule has 1 atom stereocenters. The van der Waals surface area contributed by atoms with Crippen LogP contribution < -0.4 is 5.32 Å². The lowest BCUT2D eigenvalue weighted by atomic mass is 10.1. The highest BCUT2D eigenvalue weighted by Gasteiger charge is 2.26. The average Bonchev–Trinajstić information content (AvgIpc) is 2.54. The van der Waals surface area contributed by atoms with Crippen LogP contribution in [0.15, 0.2) is 24.3 Å². The molecule has 2 amide bonds. The molecule has 1 N–H and O–H groups in total. The van der Waals surface area contributed by atoms with Crippen molar-refractivity contribution in [2.24, 2.45) is 0 Å². The van der Waals surface area contributed by atoms with Gasteiger partial charge in [0.1, 0.15) is 6.07 Å². The first-order valence-corrected chi connectivity index (χ1v) is 7.32. The summed E-state index contributed by atoms with van der Waals surface area (Å²) in [6, 6.07) is 8.70. The van der Waals surface area contributed by atoms with E-state index in [0.717, 1.165) is 0 Å². The van der Waals surface area contributed by atoms with Gasteiger partial charge in [-0.05, 0) is 19.1 Å². The number of nitrogens with one attached hydrogen (secondary N) is 1. The maximum Gasteiger partial charge on any atom is 0.241 e. The molecule has 6 nitrogen and oxygen atoms in total. The van der Waals surface area contributed by atoms with Gasteiger partial charge < -0.3 is 10.2 Å². The molecule has 1 fully saturated rings. The third-order valence-electron chi connectivity index (χ3n) is 3.99. The van der Waals surface area contributed by atoms with Gasteiger partial charge in [-0.25, -0.2) is 0 Å². The smallest absolute Gasteiger partial charge is 0.241 e. The van der Waals surface area contributed by atoms with E-state index in [0.29, 0.717) is 37.4 Å². The normalized spacial score (nSPS) is 16.7. The number of hydrogen-bond donors (Lipinski definition) is 1. The lowest BCUT2D eigenvalue weighted by Crippen LogP contribution is -2.53. The summed E-state index contributed by atoms with van der Waals surface area (Å²) in [6.07, 6.45) is 0. The van der Waals surface area contributed by atoms with E-state index in [4.69, 9.17) is 5.26 Å². The standard InChI is InChI=1S/C16H20N4O2/c1-12(19-7-9-20(10-8-19)13(2)21)16(22)18-15-6-4-3-5-14(15)11-17/h3-6,12H,7-10H2,1-2H3,(H,18,22)/t12-/m0/s1. The van der Waals surface area contributed by atoms with Gasteiger partial charge in [0.05, 0.1) is 17.3 Å². The molecule has 116 valence electrons. The number of benzene rings is 1. The number of piperazine rings is 1. The Labute approximate surface area is 130 Å². The summed E-state index contributed by atoms with van der Waals surface area (Å²) in [5.74, 6) is -0.0707. The number of nitriles is 1. The van der Waals surface area contributed by atoms with Crippen LogP contribution in [0.1, 0.15) is 19.4 Å². The van der Waals surface area contributed by atoms with Crippen LogP contribution in [-0.2, 0) is 9.59 Å². The second-order valence-corrected chi connectivity index (χ2v) is 5.36. The third-order valence-corrected chi connectivity index (χ3v) is 3.99. The summed E-state index contributed by atoms with van der Waals surface area (Å²) >= 11 is 0. The molecule has 1 heterocycles. The number of nitrogens with zero attached hydrogens (tertiary/aromatic N) is 3. The lowest BCUT2D eigenvalue weighted by molar-refractivity contribution is -0.131. The molecule has 0 aromatic heterocycles. The number of para-hydroxylation sites is 1. The minimum Gasteiger partial charge on any atom is -0.340 e. The highest BCUT2D eigenvalue weighted by atomic mass is 16.2. The molecule has 1 aliphatic heterocycles. The van der Waals surface area contributed by atoms with Gasteiger partial charge >= 0.3 is 0 Å². The van der Waals surface area contributed by atoms with Gasteiger partial charge in [0.25, 0.3) is 0 Å². The van der Waals surface area contributed by atoms with Crippen LogP contribution in [0.25, 0.3) is 0 Å². The van der Waals surface area contributed by atoms with E-state index in [9.17, 15) is 9.59 Å². The number of hydrogen-bond acceptors (Lipinski definition) is 4. The highest BCUT2D eigenvalue weighted by Crippen LogP contribution is 2.15. The van der Waals surface area contributed by atoms with E-state index in [1.54, 1.807) is 36.1 Å². The van der Waals surface area contributed by atoms with Crippen LogP contribution in [0.3, 0.4) is 0 Å². The average molecular weight is 300 g/mol. The van der Waals surface area contributed by atoms with Crippen LogP contribution in [0, 0.1) is 11.3 Å². The summed E-state index contributed by atoms with van der Waals surface area (Å²) in [7, 11) is 0. The van der Waals surface area contributed by atoms with E-state index in [1.165, 1.54) is 0 Å². The molecule has 0 bridgehead atoms. The Bertz CT molecular complexity index is 600. The largest absolute Gasteiger partial charge is 0.340 e. The van der Waals surface area contributed by atoms with E-state index >= 15 is 0 Å². The molecule has 6 heteroatoms. The predicted octanol–water partition coefficient (Wildman–Crippen LogP) is 1.05. The van der Waals surface area contributed by atoms with Gasteiger partial charge in [0.15, 0.2) is 0 Å². The zero-order chi connectivity index (χ0) is 16.1. The monoisotopic (exact) mass is 300 g/mol. The molecule has 1 saturated heterocycles. The molecule has 2 rings (SSSR count). The molecule has 1 aromatic rings. The lowest BCUT2D eigenvalue weighted by Gasteiger charge is -2.37. The summed E-state index contributed by atoms with van der Waals surface area (Å²) < 4.78 is 0. The summed E-state index contributed by atoms with van der Waals surface area (Å²) in [5.41, 5.74) is 0.980. The molecule has 0 radical (unpaired) electrons. The number of amides is 2. The first-order chi connectivity index (χ1) is 10.5. The number of carbonyl (C=O) groups excluding carboxylic acids is 2. The Morgan fingerprint density at radius 2 is 1.86 bits per heavy atom. The van der Waals surface area contributed by atoms with Gasteiger partial charge in [-0.1, -0.05) is 12.1 Å². The molecule has 0 saturated carbocycles. The molecule has 22 heavy (non-hydrogen) atoms. The Hall–Kier alpha value is -2.39. The van der Waals surface area contributed by atoms with E-state index in [2.05, 4.69) is 11.4 Å². The zero-order valence-corrected chi connectivity index (χ0v) is 12.9. The predicted molar refractivity (Wildman–Crippen MR) is 83.1 cm³/mol. The number of anilines is 1. The number of rotatable bonds is 3. The fraction of sp³-hybridized carbons (Fsp3) is 0.438. The van der Waals surface area contributed by atoms with Crippen LogP contribution in [0.5, 0.6) is 0 Å². The van der Waals surface area contributed by atoms with Crippen molar-refractivity contribution in [3.8, 4) is 6.07 Å². The second-order valence-electron chi connectivity index (χ2n) is 5.36. The zero-order valence-electron chi connectivity index (χ0n) is 12.9. The molecular formula is C16H20N4O2. The van der Waals surface area contributed by atoms with Crippen LogP contribution >= 0.6 is 0 Å². The quantitative estimate of drug-likeness (QED) is 0.905. The van der Waals surface area contributed by atoms with Crippen LogP contribution in [-0.4, -0.2) is 53.8 Å². The van der Waals surface area contributed by atoms with Gasteiger partial charge in [-0.15, -0.1) is 0 Å². The molecule has 1 aromatic carbocycles. The van der Waals surface area contributed by atoms with Crippen molar-refractivity contribution < 1.29 is 9.59 Å². The summed E-state index contributed by atoms with van der Waals surface area (Å²) in [4.78, 5) is 27.5. The van der Waals surface area contributed by atoms with Gasteiger partial charge in [-0.3, -0.25) is 14.5 Å². The van der Waals surface area contributed by atoms with Crippen molar-refractivity contribution >= 4 is 17.5 Å². The summed E-state index contributed by atoms with van der Waals surface area (Å²) in [5, 5.41) is 11.9. The maximum absolute atomic E-state index is 12.4. The first kappa shape index (κ1) is 16.0. The maximum atomic E-state index is 12.4. The van der Waals surface area contributed by atoms with Crippen LogP contribution in [0.2, 0.25) is 0 Å². The molecular weight excluding hydrogens is 280 g/mol. The van der Waals surface area contributed by atoms with E-state index in [-0.39, 0.29) is 17.9 Å². The molecule has 0 aliphatic carbocycles.